The van der Waals surface area contributed by atoms with Crippen molar-refractivity contribution in [2.24, 2.45) is 0 Å². The van der Waals surface area contributed by atoms with Crippen LogP contribution in [0.25, 0.3) is 0 Å². The van der Waals surface area contributed by atoms with E-state index < -0.39 is 0 Å². The first-order chi connectivity index (χ1) is 13.0. The van der Waals surface area contributed by atoms with Crippen LogP contribution in [0.2, 0.25) is 5.02 Å². The second-order valence-corrected chi connectivity index (χ2v) is 8.21. The van der Waals surface area contributed by atoms with Crippen LogP contribution in [0.3, 0.4) is 0 Å². The molecule has 142 valence electrons. The number of hydrogen-bond donors (Lipinski definition) is 1. The lowest BCUT2D eigenvalue weighted by Crippen LogP contribution is -2.31. The van der Waals surface area contributed by atoms with E-state index in [0.717, 1.165) is 35.7 Å². The molecular formula is C21H23ClN2O2S. The molecule has 3 rings (SSSR count). The normalized spacial score (nSPS) is 14.5. The quantitative estimate of drug-likeness (QED) is 0.738. The Kier molecular flexibility index (Phi) is 6.80. The number of carbonyl (C=O) groups excluding carboxylic acids is 2. The summed E-state index contributed by atoms with van der Waals surface area (Å²) in [5.74, 6) is -0.126. The van der Waals surface area contributed by atoms with Gasteiger partial charge in [0.15, 0.2) is 0 Å². The summed E-state index contributed by atoms with van der Waals surface area (Å²) >= 11 is 7.47. The van der Waals surface area contributed by atoms with Crippen LogP contribution in [0, 0.1) is 0 Å². The highest BCUT2D eigenvalue weighted by atomic mass is 35.5. The average Bonchev–Trinajstić information content (AvgIpc) is 2.93. The molecular weight excluding hydrogens is 380 g/mol. The Morgan fingerprint density at radius 2 is 1.67 bits per heavy atom. The summed E-state index contributed by atoms with van der Waals surface area (Å²) < 4.78 is 0. The molecule has 1 saturated heterocycles. The SMILES string of the molecule is CC(=O)Nc1cc(C(=O)N2CCCCCC2)ccc1Sc1ccc(Cl)cc1. The van der Waals surface area contributed by atoms with Crippen molar-refractivity contribution in [3.63, 3.8) is 0 Å². The van der Waals surface area contributed by atoms with Crippen molar-refractivity contribution in [1.82, 2.24) is 4.90 Å². The number of rotatable bonds is 4. The van der Waals surface area contributed by atoms with Crippen LogP contribution >= 0.6 is 23.4 Å². The molecule has 2 amide bonds. The third kappa shape index (κ3) is 5.50. The molecule has 1 aliphatic rings. The van der Waals surface area contributed by atoms with E-state index in [1.807, 2.05) is 41.3 Å². The molecule has 2 aromatic rings. The van der Waals surface area contributed by atoms with Gasteiger partial charge in [0.05, 0.1) is 5.69 Å². The molecule has 0 atom stereocenters. The lowest BCUT2D eigenvalue weighted by atomic mass is 10.1. The minimum Gasteiger partial charge on any atom is -0.339 e. The van der Waals surface area contributed by atoms with Crippen LogP contribution in [-0.2, 0) is 4.79 Å². The molecule has 0 aliphatic carbocycles. The van der Waals surface area contributed by atoms with Crippen LogP contribution in [0.4, 0.5) is 5.69 Å². The van der Waals surface area contributed by atoms with Gasteiger partial charge in [-0.05, 0) is 55.3 Å². The fraction of sp³-hybridized carbons (Fsp3) is 0.333. The minimum atomic E-state index is -0.160. The zero-order chi connectivity index (χ0) is 19.2. The molecule has 6 heteroatoms. The fourth-order valence-electron chi connectivity index (χ4n) is 3.13. The van der Waals surface area contributed by atoms with E-state index in [-0.39, 0.29) is 11.8 Å². The van der Waals surface area contributed by atoms with Gasteiger partial charge in [0.2, 0.25) is 5.91 Å². The van der Waals surface area contributed by atoms with Gasteiger partial charge in [-0.3, -0.25) is 9.59 Å². The van der Waals surface area contributed by atoms with Gasteiger partial charge in [-0.1, -0.05) is 36.2 Å². The number of anilines is 1. The van der Waals surface area contributed by atoms with Gasteiger partial charge >= 0.3 is 0 Å². The smallest absolute Gasteiger partial charge is 0.253 e. The van der Waals surface area contributed by atoms with E-state index in [1.54, 1.807) is 6.07 Å². The average molecular weight is 403 g/mol. The molecule has 2 aromatic carbocycles. The van der Waals surface area contributed by atoms with Crippen molar-refractivity contribution in [3.8, 4) is 0 Å². The monoisotopic (exact) mass is 402 g/mol. The Hall–Kier alpha value is -1.98. The van der Waals surface area contributed by atoms with E-state index in [0.29, 0.717) is 16.3 Å². The fourth-order valence-corrected chi connectivity index (χ4v) is 4.13. The van der Waals surface area contributed by atoms with Crippen LogP contribution in [0.1, 0.15) is 43.0 Å². The Balaban J connectivity index is 1.85. The highest BCUT2D eigenvalue weighted by Gasteiger charge is 2.19. The highest BCUT2D eigenvalue weighted by molar-refractivity contribution is 7.99. The Morgan fingerprint density at radius 1 is 1.00 bits per heavy atom. The first-order valence-electron chi connectivity index (χ1n) is 9.17. The predicted molar refractivity (Wildman–Crippen MR) is 111 cm³/mol. The second kappa shape index (κ2) is 9.29. The number of nitrogens with zero attached hydrogens (tertiary/aromatic N) is 1. The van der Waals surface area contributed by atoms with Crippen molar-refractivity contribution in [2.45, 2.75) is 42.4 Å². The summed E-state index contributed by atoms with van der Waals surface area (Å²) in [7, 11) is 0. The third-order valence-corrected chi connectivity index (χ3v) is 5.81. The van der Waals surface area contributed by atoms with Crippen molar-refractivity contribution in [1.29, 1.82) is 0 Å². The predicted octanol–water partition coefficient (Wildman–Crippen LogP) is 5.47. The van der Waals surface area contributed by atoms with Gasteiger partial charge in [0.25, 0.3) is 5.91 Å². The van der Waals surface area contributed by atoms with Crippen LogP contribution in [0.5, 0.6) is 0 Å². The molecule has 0 radical (unpaired) electrons. The number of halogens is 1. The maximum absolute atomic E-state index is 12.9. The summed E-state index contributed by atoms with van der Waals surface area (Å²) in [5.41, 5.74) is 1.27. The second-order valence-electron chi connectivity index (χ2n) is 6.65. The summed E-state index contributed by atoms with van der Waals surface area (Å²) in [6.07, 6.45) is 4.46. The number of carbonyl (C=O) groups is 2. The van der Waals surface area contributed by atoms with Crippen LogP contribution in [0.15, 0.2) is 52.3 Å². The minimum absolute atomic E-state index is 0.0338. The van der Waals surface area contributed by atoms with E-state index >= 15 is 0 Å². The Labute approximate surface area is 169 Å². The number of nitrogens with one attached hydrogen (secondary N) is 1. The van der Waals surface area contributed by atoms with Crippen molar-refractivity contribution >= 4 is 40.9 Å². The molecule has 1 N–H and O–H groups in total. The maximum atomic E-state index is 12.9. The molecule has 4 nitrogen and oxygen atoms in total. The van der Waals surface area contributed by atoms with Gasteiger partial charge in [-0.2, -0.15) is 0 Å². The van der Waals surface area contributed by atoms with E-state index in [9.17, 15) is 9.59 Å². The Bertz CT molecular complexity index is 815. The van der Waals surface area contributed by atoms with E-state index in [2.05, 4.69) is 5.32 Å². The van der Waals surface area contributed by atoms with Gasteiger partial charge in [0.1, 0.15) is 0 Å². The molecule has 0 spiro atoms. The maximum Gasteiger partial charge on any atom is 0.253 e. The molecule has 0 saturated carbocycles. The van der Waals surface area contributed by atoms with Gasteiger partial charge < -0.3 is 10.2 Å². The van der Waals surface area contributed by atoms with Crippen molar-refractivity contribution in [3.05, 3.63) is 53.1 Å². The molecule has 27 heavy (non-hydrogen) atoms. The standard InChI is InChI=1S/C21H23ClN2O2S/c1-15(25)23-19-14-16(21(26)24-12-4-2-3-5-13-24)6-11-20(19)27-18-9-7-17(22)8-10-18/h6-11,14H,2-5,12-13H2,1H3,(H,23,25). The summed E-state index contributed by atoms with van der Waals surface area (Å²) in [6, 6.07) is 13.1. The third-order valence-electron chi connectivity index (χ3n) is 4.47. The van der Waals surface area contributed by atoms with Crippen molar-refractivity contribution < 1.29 is 9.59 Å². The molecule has 1 fully saturated rings. The first kappa shape index (κ1) is 19.8. The zero-order valence-electron chi connectivity index (χ0n) is 15.3. The lowest BCUT2D eigenvalue weighted by molar-refractivity contribution is -0.114. The number of likely N-dealkylation sites (tertiary alicyclic amines) is 1. The summed E-state index contributed by atoms with van der Waals surface area (Å²) in [4.78, 5) is 28.4. The van der Waals surface area contributed by atoms with Gasteiger partial charge in [0, 0.05) is 40.4 Å². The Morgan fingerprint density at radius 3 is 2.30 bits per heavy atom. The molecule has 0 aromatic heterocycles. The number of benzene rings is 2. The number of amides is 2. The van der Waals surface area contributed by atoms with Crippen LogP contribution < -0.4 is 5.32 Å². The van der Waals surface area contributed by atoms with E-state index in [1.165, 1.54) is 31.5 Å². The highest BCUT2D eigenvalue weighted by Crippen LogP contribution is 2.35. The van der Waals surface area contributed by atoms with Crippen molar-refractivity contribution in [2.75, 3.05) is 18.4 Å². The first-order valence-corrected chi connectivity index (χ1v) is 10.4. The largest absolute Gasteiger partial charge is 0.339 e. The summed E-state index contributed by atoms with van der Waals surface area (Å²) in [5, 5.41) is 3.54. The van der Waals surface area contributed by atoms with E-state index in [4.69, 9.17) is 11.6 Å². The topological polar surface area (TPSA) is 49.4 Å². The zero-order valence-corrected chi connectivity index (χ0v) is 16.9. The number of hydrogen-bond acceptors (Lipinski definition) is 3. The molecule has 0 unspecified atom stereocenters. The molecule has 1 heterocycles. The van der Waals surface area contributed by atoms with Crippen LogP contribution in [-0.4, -0.2) is 29.8 Å². The lowest BCUT2D eigenvalue weighted by Gasteiger charge is -2.21. The molecule has 1 aliphatic heterocycles. The molecule has 0 bridgehead atoms. The summed E-state index contributed by atoms with van der Waals surface area (Å²) in [6.45, 7) is 3.07. The van der Waals surface area contributed by atoms with Gasteiger partial charge in [-0.15, -0.1) is 0 Å². The van der Waals surface area contributed by atoms with Gasteiger partial charge in [-0.25, -0.2) is 0 Å².